The summed E-state index contributed by atoms with van der Waals surface area (Å²) in [6.45, 7) is 2.29. The first-order valence-electron chi connectivity index (χ1n) is 8.43. The molecule has 27 heavy (non-hydrogen) atoms. The molecule has 2 heterocycles. The second-order valence-corrected chi connectivity index (χ2v) is 7.83. The average molecular weight is 398 g/mol. The molecule has 1 amide bonds. The van der Waals surface area contributed by atoms with E-state index >= 15 is 0 Å². The summed E-state index contributed by atoms with van der Waals surface area (Å²) < 4.78 is 5.91. The summed E-state index contributed by atoms with van der Waals surface area (Å²) in [5.74, 6) is -0.0715. The zero-order chi connectivity index (χ0) is 18.8. The number of carbonyl (C=O) groups excluding carboxylic acids is 1. The molecule has 0 bridgehead atoms. The van der Waals surface area contributed by atoms with Gasteiger partial charge in [0.1, 0.15) is 22.5 Å². The first-order chi connectivity index (χ1) is 13.1. The van der Waals surface area contributed by atoms with Crippen LogP contribution < -0.4 is 5.32 Å². The third-order valence-corrected chi connectivity index (χ3v) is 5.50. The molecule has 0 unspecified atom stereocenters. The summed E-state index contributed by atoms with van der Waals surface area (Å²) in [6.07, 6.45) is 1.50. The van der Waals surface area contributed by atoms with Gasteiger partial charge in [-0.05, 0) is 36.8 Å². The lowest BCUT2D eigenvalue weighted by atomic mass is 10.2. The van der Waals surface area contributed by atoms with Gasteiger partial charge in [-0.15, -0.1) is 0 Å². The predicted molar refractivity (Wildman–Crippen MR) is 108 cm³/mol. The molecular formula is C20H16ClN3O2S. The van der Waals surface area contributed by atoms with Gasteiger partial charge in [0.05, 0.1) is 5.25 Å². The molecule has 0 aliphatic heterocycles. The SMILES string of the molecule is C[C@@H](Sc1ncnc2c1oc1ccccc12)C(=O)NCc1ccc(Cl)cc1. The number of benzene rings is 2. The predicted octanol–water partition coefficient (Wildman–Crippen LogP) is 4.83. The number of nitrogens with one attached hydrogen (secondary N) is 1. The first-order valence-corrected chi connectivity index (χ1v) is 9.68. The van der Waals surface area contributed by atoms with Gasteiger partial charge in [0.15, 0.2) is 5.58 Å². The zero-order valence-corrected chi connectivity index (χ0v) is 16.1. The molecule has 4 rings (SSSR count). The minimum atomic E-state index is -0.330. The number of aromatic nitrogens is 2. The van der Waals surface area contributed by atoms with Gasteiger partial charge >= 0.3 is 0 Å². The molecule has 5 nitrogen and oxygen atoms in total. The van der Waals surface area contributed by atoms with Crippen LogP contribution in [0.5, 0.6) is 0 Å². The van der Waals surface area contributed by atoms with Crippen molar-refractivity contribution in [1.82, 2.24) is 15.3 Å². The van der Waals surface area contributed by atoms with Crippen LogP contribution in [0.25, 0.3) is 22.1 Å². The second-order valence-electron chi connectivity index (χ2n) is 6.06. The molecule has 136 valence electrons. The lowest BCUT2D eigenvalue weighted by Crippen LogP contribution is -2.30. The largest absolute Gasteiger partial charge is 0.451 e. The van der Waals surface area contributed by atoms with Crippen LogP contribution in [-0.2, 0) is 11.3 Å². The molecule has 4 aromatic rings. The maximum atomic E-state index is 12.5. The van der Waals surface area contributed by atoms with Crippen molar-refractivity contribution >= 4 is 51.3 Å². The highest BCUT2D eigenvalue weighted by Gasteiger charge is 2.19. The number of nitrogens with zero attached hydrogens (tertiary/aromatic N) is 2. The molecule has 1 atom stereocenters. The third-order valence-electron chi connectivity index (χ3n) is 4.16. The van der Waals surface area contributed by atoms with Crippen molar-refractivity contribution in [2.24, 2.45) is 0 Å². The smallest absolute Gasteiger partial charge is 0.233 e. The van der Waals surface area contributed by atoms with E-state index in [0.717, 1.165) is 22.0 Å². The second kappa shape index (κ2) is 7.58. The maximum Gasteiger partial charge on any atom is 0.233 e. The Morgan fingerprint density at radius 3 is 2.78 bits per heavy atom. The Bertz CT molecular complexity index is 1110. The van der Waals surface area contributed by atoms with Gasteiger partial charge in [-0.3, -0.25) is 4.79 Å². The number of carbonyl (C=O) groups is 1. The monoisotopic (exact) mass is 397 g/mol. The molecule has 0 aliphatic carbocycles. The number of thioether (sulfide) groups is 1. The summed E-state index contributed by atoms with van der Waals surface area (Å²) in [5.41, 5.74) is 3.12. The highest BCUT2D eigenvalue weighted by molar-refractivity contribution is 8.00. The summed E-state index contributed by atoms with van der Waals surface area (Å²) in [5, 5.41) is 4.88. The van der Waals surface area contributed by atoms with Gasteiger partial charge in [-0.2, -0.15) is 0 Å². The van der Waals surface area contributed by atoms with Crippen LogP contribution in [0.4, 0.5) is 0 Å². The molecule has 0 radical (unpaired) electrons. The van der Waals surface area contributed by atoms with Crippen molar-refractivity contribution in [3.8, 4) is 0 Å². The lowest BCUT2D eigenvalue weighted by molar-refractivity contribution is -0.120. The highest BCUT2D eigenvalue weighted by Crippen LogP contribution is 2.34. The van der Waals surface area contributed by atoms with Crippen molar-refractivity contribution in [3.05, 3.63) is 65.4 Å². The van der Waals surface area contributed by atoms with Crippen LogP contribution in [0.3, 0.4) is 0 Å². The third kappa shape index (κ3) is 3.77. The number of amides is 1. The molecule has 2 aromatic carbocycles. The van der Waals surface area contributed by atoms with Gasteiger partial charge in [-0.25, -0.2) is 9.97 Å². The fraction of sp³-hybridized carbons (Fsp3) is 0.150. The number of rotatable bonds is 5. The van der Waals surface area contributed by atoms with Crippen molar-refractivity contribution in [3.63, 3.8) is 0 Å². The fourth-order valence-corrected chi connectivity index (χ4v) is 3.75. The first kappa shape index (κ1) is 17.8. The molecule has 1 N–H and O–H groups in total. The van der Waals surface area contributed by atoms with Crippen molar-refractivity contribution in [1.29, 1.82) is 0 Å². The van der Waals surface area contributed by atoms with Crippen LogP contribution >= 0.6 is 23.4 Å². The highest BCUT2D eigenvalue weighted by atomic mass is 35.5. The van der Waals surface area contributed by atoms with Crippen molar-refractivity contribution in [2.45, 2.75) is 23.7 Å². The lowest BCUT2D eigenvalue weighted by Gasteiger charge is -2.11. The van der Waals surface area contributed by atoms with E-state index in [-0.39, 0.29) is 11.2 Å². The fourth-order valence-electron chi connectivity index (χ4n) is 2.74. The van der Waals surface area contributed by atoms with E-state index in [1.807, 2.05) is 43.3 Å². The number of para-hydroxylation sites is 1. The molecule has 0 saturated carbocycles. The van der Waals surface area contributed by atoms with E-state index in [0.29, 0.717) is 22.2 Å². The molecular weight excluding hydrogens is 382 g/mol. The van der Waals surface area contributed by atoms with Gasteiger partial charge < -0.3 is 9.73 Å². The van der Waals surface area contributed by atoms with Crippen LogP contribution in [0.2, 0.25) is 5.02 Å². The van der Waals surface area contributed by atoms with E-state index in [1.165, 1.54) is 18.1 Å². The van der Waals surface area contributed by atoms with Gasteiger partial charge in [0.2, 0.25) is 5.91 Å². The molecule has 0 fully saturated rings. The summed E-state index contributed by atoms with van der Waals surface area (Å²) in [4.78, 5) is 21.1. The van der Waals surface area contributed by atoms with E-state index in [4.69, 9.17) is 16.0 Å². The number of halogens is 1. The standard InChI is InChI=1S/C20H16ClN3O2S/c1-12(19(25)22-10-13-6-8-14(21)9-7-13)27-20-18-17(23-11-24-20)15-4-2-3-5-16(15)26-18/h2-9,11-12H,10H2,1H3,(H,22,25)/t12-/m1/s1. The number of fused-ring (bicyclic) bond motifs is 3. The molecule has 7 heteroatoms. The Labute approximate surface area is 165 Å². The zero-order valence-electron chi connectivity index (χ0n) is 14.5. The molecule has 0 spiro atoms. The summed E-state index contributed by atoms with van der Waals surface area (Å²) >= 11 is 7.24. The van der Waals surface area contributed by atoms with Gasteiger partial charge in [0, 0.05) is 17.0 Å². The Kier molecular flexibility index (Phi) is 5.01. The maximum absolute atomic E-state index is 12.5. The van der Waals surface area contributed by atoms with Gasteiger partial charge in [-0.1, -0.05) is 47.6 Å². The number of hydrogen-bond donors (Lipinski definition) is 1. The van der Waals surface area contributed by atoms with E-state index in [2.05, 4.69) is 15.3 Å². The normalized spacial score (nSPS) is 12.4. The Balaban J connectivity index is 1.49. The minimum Gasteiger partial charge on any atom is -0.451 e. The molecule has 2 aromatic heterocycles. The summed E-state index contributed by atoms with van der Waals surface area (Å²) in [7, 11) is 0. The van der Waals surface area contributed by atoms with Crippen LogP contribution in [0, 0.1) is 0 Å². The molecule has 0 aliphatic rings. The number of furan rings is 1. The summed E-state index contributed by atoms with van der Waals surface area (Å²) in [6, 6.07) is 15.1. The van der Waals surface area contributed by atoms with Crippen LogP contribution in [0.1, 0.15) is 12.5 Å². The molecule has 0 saturated heterocycles. The Morgan fingerprint density at radius 2 is 1.96 bits per heavy atom. The average Bonchev–Trinajstić information content (AvgIpc) is 3.07. The number of hydrogen-bond acceptors (Lipinski definition) is 5. The van der Waals surface area contributed by atoms with Crippen LogP contribution in [0.15, 0.2) is 64.3 Å². The van der Waals surface area contributed by atoms with Crippen LogP contribution in [-0.4, -0.2) is 21.1 Å². The van der Waals surface area contributed by atoms with E-state index in [1.54, 1.807) is 12.1 Å². The van der Waals surface area contributed by atoms with Crippen molar-refractivity contribution in [2.75, 3.05) is 0 Å². The van der Waals surface area contributed by atoms with Gasteiger partial charge in [0.25, 0.3) is 0 Å². The van der Waals surface area contributed by atoms with Crippen molar-refractivity contribution < 1.29 is 9.21 Å². The minimum absolute atomic E-state index is 0.0715. The Hall–Kier alpha value is -2.57. The topological polar surface area (TPSA) is 68.0 Å². The quantitative estimate of drug-likeness (QED) is 0.386. The van der Waals surface area contributed by atoms with E-state index < -0.39 is 0 Å². The van der Waals surface area contributed by atoms with E-state index in [9.17, 15) is 4.79 Å². The Morgan fingerprint density at radius 1 is 1.19 bits per heavy atom.